The Balaban J connectivity index is 2.30. The number of nitro groups is 1. The molecule has 0 saturated heterocycles. The highest BCUT2D eigenvalue weighted by Crippen LogP contribution is 2.35. The molecular weight excluding hydrogens is 367 g/mol. The van der Waals surface area contributed by atoms with Crippen LogP contribution in [0.3, 0.4) is 0 Å². The molecule has 0 aliphatic rings. The fraction of sp³-hybridized carbons (Fsp3) is 0.235. The number of nitrogens with zero attached hydrogens (tertiary/aromatic N) is 2. The summed E-state index contributed by atoms with van der Waals surface area (Å²) < 4.78 is 48.5. The molecule has 2 aromatic carbocycles. The quantitative estimate of drug-likeness (QED) is 0.454. The molecule has 0 atom stereocenters. The van der Waals surface area contributed by atoms with Crippen LogP contribution in [0.1, 0.15) is 16.7 Å². The fourth-order valence-electron chi connectivity index (χ4n) is 2.26. The first kappa shape index (κ1) is 20.0. The normalized spacial score (nSPS) is 11.5. The summed E-state index contributed by atoms with van der Waals surface area (Å²) in [6.45, 7) is 1.80. The molecule has 0 radical (unpaired) electrons. The molecular formula is C17H16F3N3O4. The van der Waals surface area contributed by atoms with Gasteiger partial charge in [0.25, 0.3) is 5.69 Å². The van der Waals surface area contributed by atoms with Crippen LogP contribution in [0.25, 0.3) is 0 Å². The van der Waals surface area contributed by atoms with Crippen molar-refractivity contribution in [2.45, 2.75) is 13.1 Å². The fourth-order valence-corrected chi connectivity index (χ4v) is 2.26. The Hall–Kier alpha value is -3.30. The van der Waals surface area contributed by atoms with Gasteiger partial charge in [-0.2, -0.15) is 18.3 Å². The molecule has 0 aliphatic heterocycles. The third-order valence-electron chi connectivity index (χ3n) is 3.68. The van der Waals surface area contributed by atoms with Crippen LogP contribution in [-0.4, -0.2) is 25.4 Å². The van der Waals surface area contributed by atoms with E-state index in [1.807, 2.05) is 0 Å². The van der Waals surface area contributed by atoms with Gasteiger partial charge in [-0.1, -0.05) is 0 Å². The monoisotopic (exact) mass is 383 g/mol. The van der Waals surface area contributed by atoms with Gasteiger partial charge in [-0.3, -0.25) is 15.5 Å². The molecule has 10 heteroatoms. The second kappa shape index (κ2) is 7.94. The number of ether oxygens (including phenoxy) is 2. The number of halogens is 3. The van der Waals surface area contributed by atoms with Crippen LogP contribution in [0.5, 0.6) is 11.5 Å². The summed E-state index contributed by atoms with van der Waals surface area (Å²) in [6, 6.07) is 5.53. The summed E-state index contributed by atoms with van der Waals surface area (Å²) in [6.07, 6.45) is -3.30. The number of hydrogen-bond donors (Lipinski definition) is 1. The number of nitrogens with one attached hydrogen (secondary N) is 1. The number of nitro benzene ring substituents is 1. The lowest BCUT2D eigenvalue weighted by atomic mass is 10.1. The van der Waals surface area contributed by atoms with E-state index >= 15 is 0 Å². The minimum Gasteiger partial charge on any atom is -0.493 e. The van der Waals surface area contributed by atoms with Gasteiger partial charge < -0.3 is 9.47 Å². The number of rotatable bonds is 6. The van der Waals surface area contributed by atoms with Gasteiger partial charge in [0.15, 0.2) is 11.5 Å². The molecule has 2 rings (SSSR count). The van der Waals surface area contributed by atoms with Crippen molar-refractivity contribution in [3.8, 4) is 11.5 Å². The van der Waals surface area contributed by atoms with Crippen molar-refractivity contribution >= 4 is 17.6 Å². The average molecular weight is 383 g/mol. The standard InChI is InChI=1S/C17H16F3N3O4/c1-10-6-15(26-2)16(27-3)7-11(10)9-21-22-13-5-4-12(17(18,19)20)8-14(13)23(24)25/h4-9,22H,1-3H3/b21-9+. The summed E-state index contributed by atoms with van der Waals surface area (Å²) in [5, 5.41) is 14.9. The molecule has 0 bridgehead atoms. The molecule has 0 heterocycles. The predicted molar refractivity (Wildman–Crippen MR) is 93.6 cm³/mol. The third kappa shape index (κ3) is 4.66. The highest BCUT2D eigenvalue weighted by atomic mass is 19.4. The Morgan fingerprint density at radius 2 is 1.78 bits per heavy atom. The summed E-state index contributed by atoms with van der Waals surface area (Å²) in [5.41, 5.74) is 1.82. The van der Waals surface area contributed by atoms with Crippen molar-refractivity contribution in [1.29, 1.82) is 0 Å². The Bertz CT molecular complexity index is 882. The van der Waals surface area contributed by atoms with E-state index in [1.165, 1.54) is 20.4 Å². The predicted octanol–water partition coefficient (Wildman–Crippen LogP) is 4.39. The third-order valence-corrected chi connectivity index (χ3v) is 3.68. The number of aryl methyl sites for hydroxylation is 1. The van der Waals surface area contributed by atoms with Crippen LogP contribution in [0, 0.1) is 17.0 Å². The first-order valence-electron chi connectivity index (χ1n) is 7.54. The minimum atomic E-state index is -4.68. The van der Waals surface area contributed by atoms with E-state index in [9.17, 15) is 23.3 Å². The van der Waals surface area contributed by atoms with Crippen LogP contribution >= 0.6 is 0 Å². The zero-order chi connectivity index (χ0) is 20.2. The van der Waals surface area contributed by atoms with E-state index in [-0.39, 0.29) is 5.69 Å². The number of hydrogen-bond acceptors (Lipinski definition) is 6. The highest BCUT2D eigenvalue weighted by molar-refractivity contribution is 5.84. The van der Waals surface area contributed by atoms with E-state index in [1.54, 1.807) is 19.1 Å². The summed E-state index contributed by atoms with van der Waals surface area (Å²) >= 11 is 0. The number of benzene rings is 2. The van der Waals surface area contributed by atoms with E-state index in [0.717, 1.165) is 17.7 Å². The molecule has 2 aromatic rings. The minimum absolute atomic E-state index is 0.164. The first-order valence-corrected chi connectivity index (χ1v) is 7.54. The summed E-state index contributed by atoms with van der Waals surface area (Å²) in [5.74, 6) is 0.989. The highest BCUT2D eigenvalue weighted by Gasteiger charge is 2.33. The van der Waals surface area contributed by atoms with Crippen LogP contribution < -0.4 is 14.9 Å². The van der Waals surface area contributed by atoms with Gasteiger partial charge in [-0.25, -0.2) is 0 Å². The summed E-state index contributed by atoms with van der Waals surface area (Å²) in [7, 11) is 2.97. The zero-order valence-corrected chi connectivity index (χ0v) is 14.6. The van der Waals surface area contributed by atoms with Crippen LogP contribution in [-0.2, 0) is 6.18 Å². The Kier molecular flexibility index (Phi) is 5.88. The maximum Gasteiger partial charge on any atom is 0.416 e. The van der Waals surface area contributed by atoms with Crippen LogP contribution in [0.4, 0.5) is 24.5 Å². The van der Waals surface area contributed by atoms with Crippen molar-refractivity contribution in [3.63, 3.8) is 0 Å². The van der Waals surface area contributed by atoms with Gasteiger partial charge in [0.2, 0.25) is 0 Å². The van der Waals surface area contributed by atoms with Gasteiger partial charge in [-0.15, -0.1) is 0 Å². The number of methoxy groups -OCH3 is 2. The molecule has 0 fully saturated rings. The summed E-state index contributed by atoms with van der Waals surface area (Å²) in [4.78, 5) is 10.2. The second-order valence-corrected chi connectivity index (χ2v) is 5.42. The Morgan fingerprint density at radius 3 is 2.33 bits per heavy atom. The van der Waals surface area contributed by atoms with Crippen molar-refractivity contribution in [1.82, 2.24) is 0 Å². The smallest absolute Gasteiger partial charge is 0.416 e. The van der Waals surface area contributed by atoms with E-state index in [4.69, 9.17) is 9.47 Å². The van der Waals surface area contributed by atoms with E-state index in [2.05, 4.69) is 10.5 Å². The van der Waals surface area contributed by atoms with Crippen LogP contribution in [0.15, 0.2) is 35.4 Å². The van der Waals surface area contributed by atoms with Crippen molar-refractivity contribution in [2.24, 2.45) is 5.10 Å². The number of anilines is 1. The molecule has 0 aliphatic carbocycles. The number of alkyl halides is 3. The van der Waals surface area contributed by atoms with Crippen LogP contribution in [0.2, 0.25) is 0 Å². The zero-order valence-electron chi connectivity index (χ0n) is 14.6. The van der Waals surface area contributed by atoms with Crippen molar-refractivity contribution < 1.29 is 27.6 Å². The topological polar surface area (TPSA) is 86.0 Å². The maximum atomic E-state index is 12.7. The lowest BCUT2D eigenvalue weighted by molar-refractivity contribution is -0.384. The largest absolute Gasteiger partial charge is 0.493 e. The van der Waals surface area contributed by atoms with Gasteiger partial charge in [0.1, 0.15) is 5.69 Å². The van der Waals surface area contributed by atoms with Gasteiger partial charge in [0.05, 0.1) is 30.9 Å². The Morgan fingerprint density at radius 1 is 1.15 bits per heavy atom. The molecule has 0 amide bonds. The Labute approximate surface area is 152 Å². The molecule has 0 saturated carbocycles. The van der Waals surface area contributed by atoms with Gasteiger partial charge in [-0.05, 0) is 36.8 Å². The molecule has 7 nitrogen and oxygen atoms in total. The van der Waals surface area contributed by atoms with Gasteiger partial charge in [0, 0.05) is 11.6 Å². The first-order chi connectivity index (χ1) is 12.7. The maximum absolute atomic E-state index is 12.7. The molecule has 144 valence electrons. The molecule has 1 N–H and O–H groups in total. The van der Waals surface area contributed by atoms with E-state index in [0.29, 0.717) is 23.1 Å². The number of hydrazone groups is 1. The lowest BCUT2D eigenvalue weighted by Gasteiger charge is -2.10. The second-order valence-electron chi connectivity index (χ2n) is 5.42. The van der Waals surface area contributed by atoms with Crippen molar-refractivity contribution in [3.05, 3.63) is 57.1 Å². The molecule has 0 unspecified atom stereocenters. The average Bonchev–Trinajstić information content (AvgIpc) is 2.61. The van der Waals surface area contributed by atoms with Gasteiger partial charge >= 0.3 is 6.18 Å². The lowest BCUT2D eigenvalue weighted by Crippen LogP contribution is -2.06. The van der Waals surface area contributed by atoms with E-state index < -0.39 is 22.4 Å². The molecule has 0 aromatic heterocycles. The SMILES string of the molecule is COc1cc(C)c(/C=N/Nc2ccc(C(F)(F)F)cc2[N+](=O)[O-])cc1OC. The molecule has 0 spiro atoms. The molecule has 27 heavy (non-hydrogen) atoms. The van der Waals surface area contributed by atoms with Crippen molar-refractivity contribution in [2.75, 3.05) is 19.6 Å².